The molecule has 0 aromatic carbocycles. The average Bonchev–Trinajstić information content (AvgIpc) is 2.68. The molecular weight excluding hydrogens is 128 g/mol. The number of amides is 1. The maximum absolute atomic E-state index is 11.2. The topological polar surface area (TPSA) is 32.7 Å². The fourth-order valence-electron chi connectivity index (χ4n) is 1.32. The second-order valence-electron chi connectivity index (χ2n) is 2.82. The Hall–Kier alpha value is -0.860. The van der Waals surface area contributed by atoms with Gasteiger partial charge in [0, 0.05) is 24.6 Å². The molecule has 3 nitrogen and oxygen atoms in total. The van der Waals surface area contributed by atoms with Gasteiger partial charge in [-0.25, -0.2) is 5.01 Å². The molecule has 1 aliphatic heterocycles. The third kappa shape index (κ3) is 0.664. The van der Waals surface area contributed by atoms with Gasteiger partial charge in [-0.2, -0.15) is 5.10 Å². The van der Waals surface area contributed by atoms with E-state index in [1.807, 2.05) is 13.1 Å². The molecule has 0 saturated heterocycles. The summed E-state index contributed by atoms with van der Waals surface area (Å²) in [6.45, 7) is 2.65. The number of hydrogen-bond donors (Lipinski definition) is 0. The van der Waals surface area contributed by atoms with Gasteiger partial charge in [0.15, 0.2) is 0 Å². The smallest absolute Gasteiger partial charge is 0.246 e. The standard InChI is InChI=1S/C7H10N2O/c1-2-9-7(10)6-3-5(6)4-8-9/h4-6H,2-3H2,1H3. The number of carbonyl (C=O) groups is 1. The van der Waals surface area contributed by atoms with Crippen molar-refractivity contribution in [2.45, 2.75) is 13.3 Å². The molecule has 0 bridgehead atoms. The Labute approximate surface area is 59.7 Å². The number of hydrogen-bond acceptors (Lipinski definition) is 2. The molecule has 2 atom stereocenters. The molecule has 2 rings (SSSR count). The summed E-state index contributed by atoms with van der Waals surface area (Å²) >= 11 is 0. The van der Waals surface area contributed by atoms with Crippen LogP contribution in [0, 0.1) is 11.8 Å². The van der Waals surface area contributed by atoms with Crippen molar-refractivity contribution in [3.05, 3.63) is 0 Å². The molecule has 0 spiro atoms. The van der Waals surface area contributed by atoms with Gasteiger partial charge in [-0.1, -0.05) is 0 Å². The number of fused-ring (bicyclic) bond motifs is 1. The van der Waals surface area contributed by atoms with E-state index in [0.717, 1.165) is 6.42 Å². The number of hydrazone groups is 1. The molecule has 1 fully saturated rings. The van der Waals surface area contributed by atoms with E-state index in [0.29, 0.717) is 12.5 Å². The normalized spacial score (nSPS) is 36.1. The lowest BCUT2D eigenvalue weighted by Gasteiger charge is -2.16. The zero-order valence-electron chi connectivity index (χ0n) is 5.95. The van der Waals surface area contributed by atoms with Gasteiger partial charge in [0.25, 0.3) is 0 Å². The van der Waals surface area contributed by atoms with Crippen molar-refractivity contribution in [1.29, 1.82) is 0 Å². The lowest BCUT2D eigenvalue weighted by atomic mass is 10.3. The Morgan fingerprint density at radius 2 is 2.70 bits per heavy atom. The summed E-state index contributed by atoms with van der Waals surface area (Å²) in [4.78, 5) is 11.2. The van der Waals surface area contributed by atoms with Gasteiger partial charge >= 0.3 is 0 Å². The van der Waals surface area contributed by atoms with E-state index in [4.69, 9.17) is 0 Å². The molecule has 2 aliphatic rings. The van der Waals surface area contributed by atoms with Crippen molar-refractivity contribution in [2.75, 3.05) is 6.54 Å². The highest BCUT2D eigenvalue weighted by atomic mass is 16.2. The minimum atomic E-state index is 0.218. The van der Waals surface area contributed by atoms with Gasteiger partial charge in [0.1, 0.15) is 0 Å². The van der Waals surface area contributed by atoms with E-state index >= 15 is 0 Å². The van der Waals surface area contributed by atoms with Crippen molar-refractivity contribution in [1.82, 2.24) is 5.01 Å². The van der Waals surface area contributed by atoms with Gasteiger partial charge in [0.2, 0.25) is 5.91 Å². The molecule has 0 N–H and O–H groups in total. The minimum Gasteiger partial charge on any atom is -0.273 e. The first kappa shape index (κ1) is 5.89. The van der Waals surface area contributed by atoms with Crippen molar-refractivity contribution >= 4 is 12.1 Å². The molecule has 2 unspecified atom stereocenters. The highest BCUT2D eigenvalue weighted by Gasteiger charge is 2.46. The molecule has 1 amide bonds. The minimum absolute atomic E-state index is 0.218. The zero-order chi connectivity index (χ0) is 7.14. The van der Waals surface area contributed by atoms with Crippen molar-refractivity contribution < 1.29 is 4.79 Å². The second-order valence-corrected chi connectivity index (χ2v) is 2.82. The third-order valence-corrected chi connectivity index (χ3v) is 2.11. The Morgan fingerprint density at radius 1 is 1.90 bits per heavy atom. The quantitative estimate of drug-likeness (QED) is 0.518. The largest absolute Gasteiger partial charge is 0.273 e. The molecular formula is C7H10N2O. The second kappa shape index (κ2) is 1.81. The molecule has 0 aromatic heterocycles. The van der Waals surface area contributed by atoms with E-state index < -0.39 is 0 Å². The zero-order valence-corrected chi connectivity index (χ0v) is 5.95. The Bertz CT molecular complexity index is 200. The van der Waals surface area contributed by atoms with Crippen LogP contribution in [0.4, 0.5) is 0 Å². The summed E-state index contributed by atoms with van der Waals surface area (Å²) < 4.78 is 0. The van der Waals surface area contributed by atoms with E-state index in [1.165, 1.54) is 0 Å². The first-order valence-corrected chi connectivity index (χ1v) is 3.68. The Morgan fingerprint density at radius 3 is 3.40 bits per heavy atom. The molecule has 1 saturated carbocycles. The first-order chi connectivity index (χ1) is 4.83. The van der Waals surface area contributed by atoms with Gasteiger partial charge < -0.3 is 0 Å². The van der Waals surface area contributed by atoms with Gasteiger partial charge in [-0.15, -0.1) is 0 Å². The number of rotatable bonds is 1. The van der Waals surface area contributed by atoms with Crippen molar-refractivity contribution in [3.63, 3.8) is 0 Å². The monoisotopic (exact) mass is 138 g/mol. The molecule has 10 heavy (non-hydrogen) atoms. The summed E-state index contributed by atoms with van der Waals surface area (Å²) in [6.07, 6.45) is 2.92. The van der Waals surface area contributed by atoms with Crippen LogP contribution in [0.25, 0.3) is 0 Å². The molecule has 54 valence electrons. The van der Waals surface area contributed by atoms with E-state index in [-0.39, 0.29) is 11.8 Å². The highest BCUT2D eigenvalue weighted by Crippen LogP contribution is 2.40. The van der Waals surface area contributed by atoms with Gasteiger partial charge in [-0.05, 0) is 13.3 Å². The maximum Gasteiger partial charge on any atom is 0.246 e. The fourth-order valence-corrected chi connectivity index (χ4v) is 1.32. The van der Waals surface area contributed by atoms with E-state index in [2.05, 4.69) is 5.10 Å². The van der Waals surface area contributed by atoms with E-state index in [9.17, 15) is 4.79 Å². The van der Waals surface area contributed by atoms with Gasteiger partial charge in [0.05, 0.1) is 0 Å². The number of carbonyl (C=O) groups excluding carboxylic acids is 1. The highest BCUT2D eigenvalue weighted by molar-refractivity contribution is 5.90. The van der Waals surface area contributed by atoms with Crippen LogP contribution in [0.3, 0.4) is 0 Å². The van der Waals surface area contributed by atoms with Crippen LogP contribution in [0.15, 0.2) is 5.10 Å². The van der Waals surface area contributed by atoms with Crippen LogP contribution in [0.5, 0.6) is 0 Å². The molecule has 3 heteroatoms. The summed E-state index contributed by atoms with van der Waals surface area (Å²) in [6, 6.07) is 0. The summed E-state index contributed by atoms with van der Waals surface area (Å²) in [5, 5.41) is 5.56. The predicted molar refractivity (Wildman–Crippen MR) is 37.5 cm³/mol. The number of nitrogens with zero attached hydrogens (tertiary/aromatic N) is 2. The average molecular weight is 138 g/mol. The molecule has 0 radical (unpaired) electrons. The van der Waals surface area contributed by atoms with Crippen LogP contribution in [0.1, 0.15) is 13.3 Å². The lowest BCUT2D eigenvalue weighted by Crippen LogP contribution is -2.30. The summed E-state index contributed by atoms with van der Waals surface area (Å²) in [5.41, 5.74) is 0. The van der Waals surface area contributed by atoms with Gasteiger partial charge in [-0.3, -0.25) is 4.79 Å². The first-order valence-electron chi connectivity index (χ1n) is 3.68. The fraction of sp³-hybridized carbons (Fsp3) is 0.714. The molecule has 1 aliphatic carbocycles. The van der Waals surface area contributed by atoms with Crippen LogP contribution in [-0.2, 0) is 4.79 Å². The summed E-state index contributed by atoms with van der Waals surface area (Å²) in [7, 11) is 0. The van der Waals surface area contributed by atoms with Crippen molar-refractivity contribution in [3.8, 4) is 0 Å². The van der Waals surface area contributed by atoms with Crippen molar-refractivity contribution in [2.24, 2.45) is 16.9 Å². The third-order valence-electron chi connectivity index (χ3n) is 2.11. The van der Waals surface area contributed by atoms with Crippen LogP contribution >= 0.6 is 0 Å². The van der Waals surface area contributed by atoms with Crippen LogP contribution < -0.4 is 0 Å². The Kier molecular flexibility index (Phi) is 1.07. The van der Waals surface area contributed by atoms with Crippen LogP contribution in [-0.4, -0.2) is 23.7 Å². The SMILES string of the molecule is CCN1N=CC2CC2C1=O. The van der Waals surface area contributed by atoms with Crippen LogP contribution in [0.2, 0.25) is 0 Å². The summed E-state index contributed by atoms with van der Waals surface area (Å²) in [5.74, 6) is 0.989. The molecule has 0 aromatic rings. The lowest BCUT2D eigenvalue weighted by molar-refractivity contribution is -0.133. The predicted octanol–water partition coefficient (Wildman–Crippen LogP) is 0.470. The van der Waals surface area contributed by atoms with E-state index in [1.54, 1.807) is 5.01 Å². The maximum atomic E-state index is 11.2. The molecule has 1 heterocycles. The Balaban J connectivity index is 2.17.